The zero-order valence-electron chi connectivity index (χ0n) is 15.0. The normalized spacial score (nSPS) is 11.8. The van der Waals surface area contributed by atoms with Crippen LogP contribution in [0.25, 0.3) is 10.9 Å². The second kappa shape index (κ2) is 7.82. The van der Waals surface area contributed by atoms with Crippen LogP contribution in [-0.2, 0) is 9.53 Å². The standard InChI is InChI=1S/C20H19N3O4/c1-3-17(23-12-21-16-7-5-4-6-15(16)19(23)25)18(24)22-14-10-8-13(9-11-14)20(26)27-2/h4-12,17H,3H2,1-2H3,(H,22,24). The van der Waals surface area contributed by atoms with Gasteiger partial charge in [-0.3, -0.25) is 14.2 Å². The summed E-state index contributed by atoms with van der Waals surface area (Å²) in [7, 11) is 1.30. The first kappa shape index (κ1) is 18.3. The Labute approximate surface area is 155 Å². The van der Waals surface area contributed by atoms with E-state index >= 15 is 0 Å². The number of fused-ring (bicyclic) bond motifs is 1. The van der Waals surface area contributed by atoms with E-state index in [4.69, 9.17) is 0 Å². The summed E-state index contributed by atoms with van der Waals surface area (Å²) in [6, 6.07) is 12.7. The van der Waals surface area contributed by atoms with Gasteiger partial charge in [-0.1, -0.05) is 19.1 Å². The molecular weight excluding hydrogens is 346 g/mol. The number of benzene rings is 2. The Kier molecular flexibility index (Phi) is 5.30. The van der Waals surface area contributed by atoms with Crippen molar-refractivity contribution in [2.24, 2.45) is 0 Å². The number of carbonyl (C=O) groups excluding carboxylic acids is 2. The Morgan fingerprint density at radius 3 is 2.52 bits per heavy atom. The number of rotatable bonds is 5. The molecule has 1 heterocycles. The van der Waals surface area contributed by atoms with Crippen molar-refractivity contribution in [2.45, 2.75) is 19.4 Å². The number of nitrogens with zero attached hydrogens (tertiary/aromatic N) is 2. The third kappa shape index (κ3) is 3.72. The highest BCUT2D eigenvalue weighted by molar-refractivity contribution is 5.95. The molecule has 1 aromatic heterocycles. The minimum Gasteiger partial charge on any atom is -0.465 e. The molecule has 0 spiro atoms. The number of carbonyl (C=O) groups is 2. The molecule has 3 rings (SSSR count). The van der Waals surface area contributed by atoms with Crippen LogP contribution in [0.2, 0.25) is 0 Å². The molecule has 1 N–H and O–H groups in total. The third-order valence-corrected chi connectivity index (χ3v) is 4.29. The summed E-state index contributed by atoms with van der Waals surface area (Å²) in [4.78, 5) is 41.2. The lowest BCUT2D eigenvalue weighted by molar-refractivity contribution is -0.119. The molecule has 0 saturated heterocycles. The molecule has 0 aliphatic carbocycles. The number of anilines is 1. The second-order valence-corrected chi connectivity index (χ2v) is 5.96. The molecule has 0 fully saturated rings. The molecule has 0 aliphatic rings. The van der Waals surface area contributed by atoms with Gasteiger partial charge in [0.05, 0.1) is 29.9 Å². The van der Waals surface area contributed by atoms with Gasteiger partial charge in [0.2, 0.25) is 5.91 Å². The van der Waals surface area contributed by atoms with Gasteiger partial charge in [0.15, 0.2) is 0 Å². The van der Waals surface area contributed by atoms with Gasteiger partial charge in [0, 0.05) is 5.69 Å². The molecule has 2 aromatic carbocycles. The minimum atomic E-state index is -0.699. The molecule has 1 atom stereocenters. The lowest BCUT2D eigenvalue weighted by atomic mass is 10.1. The van der Waals surface area contributed by atoms with E-state index in [1.165, 1.54) is 18.0 Å². The van der Waals surface area contributed by atoms with Crippen molar-refractivity contribution in [2.75, 3.05) is 12.4 Å². The molecule has 27 heavy (non-hydrogen) atoms. The monoisotopic (exact) mass is 365 g/mol. The molecule has 0 saturated carbocycles. The maximum absolute atomic E-state index is 12.7. The highest BCUT2D eigenvalue weighted by Crippen LogP contribution is 2.16. The number of hydrogen-bond donors (Lipinski definition) is 1. The second-order valence-electron chi connectivity index (χ2n) is 5.96. The third-order valence-electron chi connectivity index (χ3n) is 4.29. The van der Waals surface area contributed by atoms with Crippen LogP contribution in [0.5, 0.6) is 0 Å². The first-order chi connectivity index (χ1) is 13.0. The van der Waals surface area contributed by atoms with E-state index in [2.05, 4.69) is 15.0 Å². The number of aromatic nitrogens is 2. The number of para-hydroxylation sites is 1. The van der Waals surface area contributed by atoms with E-state index in [0.717, 1.165) is 0 Å². The van der Waals surface area contributed by atoms with Crippen LogP contribution < -0.4 is 10.9 Å². The van der Waals surface area contributed by atoms with Crippen LogP contribution in [0.3, 0.4) is 0 Å². The van der Waals surface area contributed by atoms with E-state index in [9.17, 15) is 14.4 Å². The van der Waals surface area contributed by atoms with E-state index < -0.39 is 12.0 Å². The van der Waals surface area contributed by atoms with Crippen LogP contribution in [0.15, 0.2) is 59.7 Å². The SMILES string of the molecule is CCC(C(=O)Nc1ccc(C(=O)OC)cc1)n1cnc2ccccc2c1=O. The highest BCUT2D eigenvalue weighted by atomic mass is 16.5. The average Bonchev–Trinajstić information content (AvgIpc) is 2.70. The van der Waals surface area contributed by atoms with Gasteiger partial charge in [0.1, 0.15) is 6.04 Å². The first-order valence-corrected chi connectivity index (χ1v) is 8.50. The summed E-state index contributed by atoms with van der Waals surface area (Å²) < 4.78 is 6.00. The zero-order valence-corrected chi connectivity index (χ0v) is 15.0. The number of nitrogens with one attached hydrogen (secondary N) is 1. The predicted octanol–water partition coefficient (Wildman–Crippen LogP) is 2.77. The van der Waals surface area contributed by atoms with Gasteiger partial charge in [0.25, 0.3) is 5.56 Å². The molecule has 7 nitrogen and oxygen atoms in total. The van der Waals surface area contributed by atoms with Gasteiger partial charge in [-0.2, -0.15) is 0 Å². The van der Waals surface area contributed by atoms with Crippen molar-refractivity contribution in [3.8, 4) is 0 Å². The fourth-order valence-electron chi connectivity index (χ4n) is 2.85. The van der Waals surface area contributed by atoms with Gasteiger partial charge >= 0.3 is 5.97 Å². The van der Waals surface area contributed by atoms with Crippen molar-refractivity contribution < 1.29 is 14.3 Å². The van der Waals surface area contributed by atoms with Gasteiger partial charge < -0.3 is 10.1 Å². The fourth-order valence-corrected chi connectivity index (χ4v) is 2.85. The van der Waals surface area contributed by atoms with Crippen LogP contribution in [0.4, 0.5) is 5.69 Å². The molecule has 1 unspecified atom stereocenters. The number of methoxy groups -OCH3 is 1. The van der Waals surface area contributed by atoms with E-state index in [0.29, 0.717) is 28.6 Å². The zero-order chi connectivity index (χ0) is 19.4. The van der Waals surface area contributed by atoms with Crippen LogP contribution in [0, 0.1) is 0 Å². The summed E-state index contributed by atoms with van der Waals surface area (Å²) in [6.45, 7) is 1.83. The summed E-state index contributed by atoms with van der Waals surface area (Å²) in [5, 5.41) is 3.24. The van der Waals surface area contributed by atoms with Crippen molar-refractivity contribution in [3.63, 3.8) is 0 Å². The maximum Gasteiger partial charge on any atom is 0.337 e. The molecule has 1 amide bonds. The smallest absolute Gasteiger partial charge is 0.337 e. The quantitative estimate of drug-likeness (QED) is 0.702. The van der Waals surface area contributed by atoms with E-state index in [-0.39, 0.29) is 11.5 Å². The largest absolute Gasteiger partial charge is 0.465 e. The molecule has 7 heteroatoms. The summed E-state index contributed by atoms with van der Waals surface area (Å²) >= 11 is 0. The Balaban J connectivity index is 1.85. The van der Waals surface area contributed by atoms with Crippen LogP contribution in [0.1, 0.15) is 29.7 Å². The van der Waals surface area contributed by atoms with Crippen molar-refractivity contribution in [1.82, 2.24) is 9.55 Å². The summed E-state index contributed by atoms with van der Waals surface area (Å²) in [5.74, 6) is -0.782. The van der Waals surface area contributed by atoms with Crippen LogP contribution in [-0.4, -0.2) is 28.5 Å². The van der Waals surface area contributed by atoms with Gasteiger partial charge in [-0.05, 0) is 42.8 Å². The lowest BCUT2D eigenvalue weighted by Crippen LogP contribution is -2.33. The molecule has 0 aliphatic heterocycles. The van der Waals surface area contributed by atoms with E-state index in [1.54, 1.807) is 48.5 Å². The average molecular weight is 365 g/mol. The number of ether oxygens (including phenoxy) is 1. The summed E-state index contributed by atoms with van der Waals surface area (Å²) in [6.07, 6.45) is 1.82. The Morgan fingerprint density at radius 2 is 1.85 bits per heavy atom. The number of amides is 1. The van der Waals surface area contributed by atoms with Crippen molar-refractivity contribution in [3.05, 3.63) is 70.8 Å². The topological polar surface area (TPSA) is 90.3 Å². The van der Waals surface area contributed by atoms with Crippen molar-refractivity contribution in [1.29, 1.82) is 0 Å². The Hall–Kier alpha value is -3.48. The summed E-state index contributed by atoms with van der Waals surface area (Å²) in [5.41, 5.74) is 1.24. The molecule has 0 bridgehead atoms. The van der Waals surface area contributed by atoms with Crippen molar-refractivity contribution >= 4 is 28.5 Å². The first-order valence-electron chi connectivity index (χ1n) is 8.50. The van der Waals surface area contributed by atoms with Gasteiger partial charge in [-0.25, -0.2) is 9.78 Å². The molecular formula is C20H19N3O4. The number of hydrogen-bond acceptors (Lipinski definition) is 5. The maximum atomic E-state index is 12.7. The van der Waals surface area contributed by atoms with Crippen LogP contribution >= 0.6 is 0 Å². The number of esters is 1. The minimum absolute atomic E-state index is 0.261. The van der Waals surface area contributed by atoms with Gasteiger partial charge in [-0.15, -0.1) is 0 Å². The lowest BCUT2D eigenvalue weighted by Gasteiger charge is -2.18. The fraction of sp³-hybridized carbons (Fsp3) is 0.200. The van der Waals surface area contributed by atoms with E-state index in [1.807, 2.05) is 6.92 Å². The molecule has 138 valence electrons. The molecule has 3 aromatic rings. The Bertz CT molecular complexity index is 1040. The molecule has 0 radical (unpaired) electrons. The predicted molar refractivity (Wildman–Crippen MR) is 102 cm³/mol. The Morgan fingerprint density at radius 1 is 1.15 bits per heavy atom. The highest BCUT2D eigenvalue weighted by Gasteiger charge is 2.21.